The van der Waals surface area contributed by atoms with Gasteiger partial charge in [0.15, 0.2) is 0 Å². The Kier molecular flexibility index (Phi) is 3.78. The van der Waals surface area contributed by atoms with Crippen LogP contribution in [0.1, 0.15) is 47.5 Å². The van der Waals surface area contributed by atoms with Gasteiger partial charge >= 0.3 is 0 Å². The van der Waals surface area contributed by atoms with Crippen LogP contribution >= 0.6 is 0 Å². The second kappa shape index (κ2) is 4.45. The first-order valence-corrected chi connectivity index (χ1v) is 5.76. The van der Waals surface area contributed by atoms with Crippen LogP contribution in [0.3, 0.4) is 0 Å². The molecule has 0 saturated carbocycles. The van der Waals surface area contributed by atoms with Gasteiger partial charge in [-0.05, 0) is 44.4 Å². The molecule has 0 spiro atoms. The summed E-state index contributed by atoms with van der Waals surface area (Å²) in [7, 11) is 0. The standard InChI is InChI=1S/C12H25N/c1-8(2)12-7-11(5)13-10(4)6-9(12)3/h8-13H,6-7H2,1-5H3/t9?,10?,11?,12-/m0/s1. The van der Waals surface area contributed by atoms with Gasteiger partial charge in [0.05, 0.1) is 0 Å². The van der Waals surface area contributed by atoms with Gasteiger partial charge in [0.2, 0.25) is 0 Å². The summed E-state index contributed by atoms with van der Waals surface area (Å²) < 4.78 is 0. The average molecular weight is 183 g/mol. The monoisotopic (exact) mass is 183 g/mol. The van der Waals surface area contributed by atoms with Gasteiger partial charge in [0.1, 0.15) is 0 Å². The third-order valence-corrected chi connectivity index (χ3v) is 3.51. The maximum absolute atomic E-state index is 3.66. The summed E-state index contributed by atoms with van der Waals surface area (Å²) in [5, 5.41) is 3.66. The van der Waals surface area contributed by atoms with E-state index >= 15 is 0 Å². The fourth-order valence-electron chi connectivity index (χ4n) is 2.92. The zero-order chi connectivity index (χ0) is 10.0. The summed E-state index contributed by atoms with van der Waals surface area (Å²) >= 11 is 0. The molecule has 0 radical (unpaired) electrons. The van der Waals surface area contributed by atoms with Crippen molar-refractivity contribution in [2.24, 2.45) is 17.8 Å². The lowest BCUT2D eigenvalue weighted by molar-refractivity contribution is 0.247. The van der Waals surface area contributed by atoms with Crippen molar-refractivity contribution in [3.05, 3.63) is 0 Å². The minimum Gasteiger partial charge on any atom is -0.312 e. The maximum Gasteiger partial charge on any atom is 0.00440 e. The van der Waals surface area contributed by atoms with E-state index in [-0.39, 0.29) is 0 Å². The van der Waals surface area contributed by atoms with Gasteiger partial charge in [-0.2, -0.15) is 0 Å². The van der Waals surface area contributed by atoms with Gasteiger partial charge in [-0.1, -0.05) is 20.8 Å². The van der Waals surface area contributed by atoms with Crippen LogP contribution < -0.4 is 5.32 Å². The molecular formula is C12H25N. The van der Waals surface area contributed by atoms with Crippen LogP contribution in [0.5, 0.6) is 0 Å². The van der Waals surface area contributed by atoms with Gasteiger partial charge in [-0.3, -0.25) is 0 Å². The Labute approximate surface area is 83.3 Å². The molecule has 0 amide bonds. The topological polar surface area (TPSA) is 12.0 Å². The molecule has 0 bridgehead atoms. The summed E-state index contributed by atoms with van der Waals surface area (Å²) in [6.07, 6.45) is 2.69. The highest BCUT2D eigenvalue weighted by Crippen LogP contribution is 2.31. The molecule has 0 aliphatic carbocycles. The van der Waals surface area contributed by atoms with Crippen LogP contribution in [0.2, 0.25) is 0 Å². The Morgan fingerprint density at radius 1 is 1.00 bits per heavy atom. The summed E-state index contributed by atoms with van der Waals surface area (Å²) in [4.78, 5) is 0. The van der Waals surface area contributed by atoms with E-state index in [1.807, 2.05) is 0 Å². The molecule has 1 rings (SSSR count). The molecule has 0 aromatic rings. The van der Waals surface area contributed by atoms with Crippen molar-refractivity contribution in [2.45, 2.75) is 59.5 Å². The lowest BCUT2D eigenvalue weighted by Gasteiger charge is -2.26. The smallest absolute Gasteiger partial charge is 0.00440 e. The molecular weight excluding hydrogens is 158 g/mol. The highest BCUT2D eigenvalue weighted by molar-refractivity contribution is 4.83. The van der Waals surface area contributed by atoms with Crippen LogP contribution in [0.4, 0.5) is 0 Å². The van der Waals surface area contributed by atoms with Gasteiger partial charge < -0.3 is 5.32 Å². The van der Waals surface area contributed by atoms with Crippen LogP contribution in [0.15, 0.2) is 0 Å². The van der Waals surface area contributed by atoms with E-state index in [9.17, 15) is 0 Å². The Bertz CT molecular complexity index is 153. The molecule has 13 heavy (non-hydrogen) atoms. The molecule has 1 nitrogen and oxygen atoms in total. The predicted octanol–water partition coefficient (Wildman–Crippen LogP) is 3.06. The summed E-state index contributed by atoms with van der Waals surface area (Å²) in [5.74, 6) is 2.63. The molecule has 1 fully saturated rings. The zero-order valence-corrected chi connectivity index (χ0v) is 9.80. The number of hydrogen-bond donors (Lipinski definition) is 1. The highest BCUT2D eigenvalue weighted by atomic mass is 14.9. The van der Waals surface area contributed by atoms with E-state index in [1.165, 1.54) is 12.8 Å². The molecule has 1 heteroatoms. The summed E-state index contributed by atoms with van der Waals surface area (Å²) in [5.41, 5.74) is 0. The van der Waals surface area contributed by atoms with Crippen molar-refractivity contribution < 1.29 is 0 Å². The Morgan fingerprint density at radius 2 is 1.54 bits per heavy atom. The second-order valence-electron chi connectivity index (χ2n) is 5.33. The summed E-state index contributed by atoms with van der Waals surface area (Å²) in [6.45, 7) is 11.8. The number of rotatable bonds is 1. The average Bonchev–Trinajstić information content (AvgIpc) is 2.09. The SMILES string of the molecule is CC1CC(C)[C@H](C(C)C)CC(C)N1. The third kappa shape index (κ3) is 2.98. The lowest BCUT2D eigenvalue weighted by atomic mass is 9.79. The van der Waals surface area contributed by atoms with Gasteiger partial charge in [-0.15, -0.1) is 0 Å². The van der Waals surface area contributed by atoms with Gasteiger partial charge in [-0.25, -0.2) is 0 Å². The predicted molar refractivity (Wildman–Crippen MR) is 58.8 cm³/mol. The third-order valence-electron chi connectivity index (χ3n) is 3.51. The van der Waals surface area contributed by atoms with E-state index < -0.39 is 0 Å². The fourth-order valence-corrected chi connectivity index (χ4v) is 2.92. The van der Waals surface area contributed by atoms with Crippen molar-refractivity contribution in [3.8, 4) is 0 Å². The second-order valence-corrected chi connectivity index (χ2v) is 5.33. The fraction of sp³-hybridized carbons (Fsp3) is 1.00. The Hall–Kier alpha value is -0.0400. The first-order valence-electron chi connectivity index (χ1n) is 5.76. The van der Waals surface area contributed by atoms with E-state index in [1.54, 1.807) is 0 Å². The largest absolute Gasteiger partial charge is 0.312 e. The van der Waals surface area contributed by atoms with E-state index in [2.05, 4.69) is 39.9 Å². The summed E-state index contributed by atoms with van der Waals surface area (Å²) in [6, 6.07) is 1.40. The molecule has 1 aliphatic rings. The van der Waals surface area contributed by atoms with Crippen LogP contribution in [0.25, 0.3) is 0 Å². The molecule has 1 saturated heterocycles. The molecule has 78 valence electrons. The molecule has 1 aliphatic heterocycles. The maximum atomic E-state index is 3.66. The van der Waals surface area contributed by atoms with Crippen molar-refractivity contribution in [3.63, 3.8) is 0 Å². The van der Waals surface area contributed by atoms with Crippen molar-refractivity contribution in [2.75, 3.05) is 0 Å². The van der Waals surface area contributed by atoms with Gasteiger partial charge in [0, 0.05) is 12.1 Å². The molecule has 1 heterocycles. The minimum atomic E-state index is 0.701. The van der Waals surface area contributed by atoms with E-state index in [0.717, 1.165) is 17.8 Å². The normalized spacial score (nSPS) is 42.0. The van der Waals surface area contributed by atoms with Crippen LogP contribution in [-0.4, -0.2) is 12.1 Å². The minimum absolute atomic E-state index is 0.701. The number of nitrogens with one attached hydrogen (secondary N) is 1. The van der Waals surface area contributed by atoms with Crippen molar-refractivity contribution in [1.29, 1.82) is 0 Å². The van der Waals surface area contributed by atoms with E-state index in [0.29, 0.717) is 12.1 Å². The van der Waals surface area contributed by atoms with E-state index in [4.69, 9.17) is 0 Å². The Morgan fingerprint density at radius 3 is 2.08 bits per heavy atom. The van der Waals surface area contributed by atoms with Crippen molar-refractivity contribution in [1.82, 2.24) is 5.32 Å². The first-order chi connectivity index (χ1) is 6.00. The molecule has 0 aromatic carbocycles. The van der Waals surface area contributed by atoms with Crippen LogP contribution in [-0.2, 0) is 0 Å². The molecule has 1 N–H and O–H groups in total. The van der Waals surface area contributed by atoms with Gasteiger partial charge in [0.25, 0.3) is 0 Å². The lowest BCUT2D eigenvalue weighted by Crippen LogP contribution is -2.32. The quantitative estimate of drug-likeness (QED) is 0.659. The first kappa shape index (κ1) is 11.0. The molecule has 3 unspecified atom stereocenters. The van der Waals surface area contributed by atoms with Crippen LogP contribution in [0, 0.1) is 17.8 Å². The molecule has 4 atom stereocenters. The molecule has 0 aromatic heterocycles. The highest BCUT2D eigenvalue weighted by Gasteiger charge is 2.28. The zero-order valence-electron chi connectivity index (χ0n) is 9.80. The van der Waals surface area contributed by atoms with Crippen molar-refractivity contribution >= 4 is 0 Å². The Balaban J connectivity index is 2.62. The number of hydrogen-bond acceptors (Lipinski definition) is 1.